The second-order valence-electron chi connectivity index (χ2n) is 7.24. The molecule has 3 N–H and O–H groups in total. The van der Waals surface area contributed by atoms with Crippen LogP contribution in [0.5, 0.6) is 5.75 Å². The zero-order chi connectivity index (χ0) is 27.0. The van der Waals surface area contributed by atoms with Gasteiger partial charge in [-0.05, 0) is 37.4 Å². The highest BCUT2D eigenvalue weighted by Crippen LogP contribution is 2.39. The summed E-state index contributed by atoms with van der Waals surface area (Å²) >= 11 is 0. The van der Waals surface area contributed by atoms with Crippen LogP contribution in [0, 0.1) is 17.5 Å². The Labute approximate surface area is 204 Å². The van der Waals surface area contributed by atoms with Gasteiger partial charge in [-0.25, -0.2) is 25.6 Å². The van der Waals surface area contributed by atoms with Crippen LogP contribution in [0.25, 0.3) is 11.3 Å². The molecule has 0 atom stereocenters. The lowest BCUT2D eigenvalue weighted by Crippen LogP contribution is -2.14. The van der Waals surface area contributed by atoms with Gasteiger partial charge in [0.15, 0.2) is 0 Å². The second kappa shape index (κ2) is 12.2. The fourth-order valence-electron chi connectivity index (χ4n) is 3.13. The fourth-order valence-corrected chi connectivity index (χ4v) is 4.55. The highest BCUT2D eigenvalue weighted by atomic mass is 32.2. The number of carboxylic acid groups (broad SMARTS) is 2. The summed E-state index contributed by atoms with van der Waals surface area (Å²) in [6.07, 6.45) is 0.679. The number of nitrogens with zero attached hydrogens (tertiary/aromatic N) is 1. The van der Waals surface area contributed by atoms with Crippen LogP contribution in [0.1, 0.15) is 18.4 Å². The van der Waals surface area contributed by atoms with Crippen molar-refractivity contribution in [3.8, 4) is 17.0 Å². The molecule has 0 fully saturated rings. The number of nitrogens with one attached hydrogen (secondary N) is 1. The van der Waals surface area contributed by atoms with Crippen LogP contribution in [0.15, 0.2) is 53.6 Å². The summed E-state index contributed by atoms with van der Waals surface area (Å²) in [7, 11) is -1.32. The first-order valence-corrected chi connectivity index (χ1v) is 11.7. The molecule has 36 heavy (non-hydrogen) atoms. The van der Waals surface area contributed by atoms with Crippen LogP contribution in [0.2, 0.25) is 0 Å². The summed E-state index contributed by atoms with van der Waals surface area (Å²) in [5.74, 6) is -4.53. The van der Waals surface area contributed by atoms with Crippen LogP contribution >= 0.6 is 0 Å². The predicted molar refractivity (Wildman–Crippen MR) is 123 cm³/mol. The van der Waals surface area contributed by atoms with E-state index in [9.17, 15) is 31.2 Å². The Morgan fingerprint density at radius 1 is 1.00 bits per heavy atom. The Morgan fingerprint density at radius 3 is 2.11 bits per heavy atom. The molecule has 0 aliphatic heterocycles. The minimum Gasteiger partial charge on any atom is -0.494 e. The molecule has 0 aliphatic carbocycles. The lowest BCUT2D eigenvalue weighted by molar-refractivity contribution is -0.143. The average Bonchev–Trinajstić information content (AvgIpc) is 3.17. The predicted octanol–water partition coefficient (Wildman–Crippen LogP) is 3.47. The third kappa shape index (κ3) is 6.86. The maximum absolute atomic E-state index is 14.5. The molecule has 2 aromatic carbocycles. The Bertz CT molecular complexity index is 1340. The van der Waals surface area contributed by atoms with E-state index < -0.39 is 39.4 Å². The Morgan fingerprint density at radius 2 is 1.61 bits per heavy atom. The van der Waals surface area contributed by atoms with E-state index in [-0.39, 0.29) is 41.3 Å². The van der Waals surface area contributed by atoms with Gasteiger partial charge in [-0.2, -0.15) is 0 Å². The molecule has 0 aliphatic rings. The Kier molecular flexibility index (Phi) is 9.64. The zero-order valence-electron chi connectivity index (χ0n) is 19.2. The zero-order valence-corrected chi connectivity index (χ0v) is 20.0. The number of ether oxygens (including phenoxy) is 1. The summed E-state index contributed by atoms with van der Waals surface area (Å²) < 4.78 is 74.0. The van der Waals surface area contributed by atoms with E-state index in [0.29, 0.717) is 11.6 Å². The number of carboxylic acids is 2. The molecule has 13 heteroatoms. The van der Waals surface area contributed by atoms with E-state index in [1.807, 2.05) is 0 Å². The lowest BCUT2D eigenvalue weighted by atomic mass is 10.1. The van der Waals surface area contributed by atoms with E-state index in [0.717, 1.165) is 28.2 Å². The minimum absolute atomic E-state index is 0.111. The van der Waals surface area contributed by atoms with Crippen LogP contribution in [0.3, 0.4) is 0 Å². The molecule has 0 amide bonds. The third-order valence-corrected chi connectivity index (χ3v) is 6.32. The molecule has 0 unspecified atom stereocenters. The molecule has 0 saturated heterocycles. The van der Waals surface area contributed by atoms with E-state index in [1.165, 1.54) is 25.4 Å². The number of hydrogen-bond donors (Lipinski definition) is 3. The summed E-state index contributed by atoms with van der Waals surface area (Å²) in [4.78, 5) is 19.0. The Hall–Kier alpha value is -3.84. The monoisotopic (exact) mass is 528 g/mol. The molecule has 0 radical (unpaired) electrons. The second-order valence-corrected chi connectivity index (χ2v) is 9.05. The molecule has 0 saturated carbocycles. The molecular formula is C23H23F3N2O7S. The van der Waals surface area contributed by atoms with Crippen molar-refractivity contribution in [2.24, 2.45) is 0 Å². The molecule has 1 heterocycles. The highest BCUT2D eigenvalue weighted by molar-refractivity contribution is 7.90. The number of methoxy groups -OCH3 is 1. The smallest absolute Gasteiger partial charge is 0.303 e. The van der Waals surface area contributed by atoms with Gasteiger partial charge in [0.1, 0.15) is 28.9 Å². The first kappa shape index (κ1) is 28.4. The number of aliphatic carboxylic acids is 2. The van der Waals surface area contributed by atoms with Crippen molar-refractivity contribution in [2.75, 3.05) is 14.2 Å². The quantitative estimate of drug-likeness (QED) is 0.384. The van der Waals surface area contributed by atoms with Gasteiger partial charge in [-0.15, -0.1) is 0 Å². The van der Waals surface area contributed by atoms with Gasteiger partial charge in [0.05, 0.1) is 24.8 Å². The largest absolute Gasteiger partial charge is 0.494 e. The first-order chi connectivity index (χ1) is 16.9. The maximum atomic E-state index is 14.5. The van der Waals surface area contributed by atoms with Gasteiger partial charge in [0.2, 0.25) is 0 Å². The minimum atomic E-state index is -4.29. The maximum Gasteiger partial charge on any atom is 0.303 e. The molecule has 1 aromatic heterocycles. The third-order valence-electron chi connectivity index (χ3n) is 4.66. The summed E-state index contributed by atoms with van der Waals surface area (Å²) in [5, 5.41) is 18.7. The van der Waals surface area contributed by atoms with Crippen molar-refractivity contribution in [1.82, 2.24) is 9.29 Å². The van der Waals surface area contributed by atoms with Crippen molar-refractivity contribution >= 4 is 22.0 Å². The van der Waals surface area contributed by atoms with Crippen molar-refractivity contribution < 1.29 is 46.1 Å². The van der Waals surface area contributed by atoms with E-state index in [1.54, 1.807) is 7.05 Å². The van der Waals surface area contributed by atoms with E-state index in [4.69, 9.17) is 14.9 Å². The number of benzene rings is 2. The van der Waals surface area contributed by atoms with Crippen molar-refractivity contribution in [3.63, 3.8) is 0 Å². The standard InChI is InChI=1S/C19H17F3N2O3S.C4H6O4/c1-23-10-12-11-24(28(25,26)15-5-3-4-13(20)8-15)18(19(12)27-2)16-7-6-14(21)9-17(16)22;5-3(6)1-2-4(7)8/h3-9,11,23H,10H2,1-2H3;1-2H2,(H,5,6)(H,7,8). The Balaban J connectivity index is 0.000000493. The average molecular weight is 529 g/mol. The topological polar surface area (TPSA) is 135 Å². The molecule has 3 rings (SSSR count). The van der Waals surface area contributed by atoms with Crippen molar-refractivity contribution in [1.29, 1.82) is 0 Å². The van der Waals surface area contributed by atoms with Crippen LogP contribution in [-0.4, -0.2) is 48.7 Å². The SMILES string of the molecule is CNCc1cn(S(=O)(=O)c2cccc(F)c2)c(-c2ccc(F)cc2F)c1OC.O=C(O)CCC(=O)O. The summed E-state index contributed by atoms with van der Waals surface area (Å²) in [6.45, 7) is 0.227. The number of aromatic nitrogens is 1. The fraction of sp³-hybridized carbons (Fsp3) is 0.217. The van der Waals surface area contributed by atoms with Gasteiger partial charge < -0.3 is 20.3 Å². The van der Waals surface area contributed by atoms with Crippen LogP contribution in [0.4, 0.5) is 13.2 Å². The van der Waals surface area contributed by atoms with E-state index >= 15 is 0 Å². The summed E-state index contributed by atoms with van der Waals surface area (Å²) in [6, 6.07) is 7.26. The van der Waals surface area contributed by atoms with Gasteiger partial charge in [-0.1, -0.05) is 6.07 Å². The number of rotatable bonds is 9. The van der Waals surface area contributed by atoms with Gasteiger partial charge in [0.25, 0.3) is 10.0 Å². The number of halogens is 3. The van der Waals surface area contributed by atoms with Crippen LogP contribution in [-0.2, 0) is 26.2 Å². The molecule has 194 valence electrons. The van der Waals surface area contributed by atoms with Crippen LogP contribution < -0.4 is 10.1 Å². The first-order valence-electron chi connectivity index (χ1n) is 10.2. The van der Waals surface area contributed by atoms with Gasteiger partial charge in [0, 0.05) is 29.9 Å². The molecular weight excluding hydrogens is 505 g/mol. The normalized spacial score (nSPS) is 10.9. The molecule has 9 nitrogen and oxygen atoms in total. The van der Waals surface area contributed by atoms with Gasteiger partial charge >= 0.3 is 11.9 Å². The highest BCUT2D eigenvalue weighted by Gasteiger charge is 2.28. The van der Waals surface area contributed by atoms with E-state index in [2.05, 4.69) is 5.32 Å². The molecule has 0 spiro atoms. The van der Waals surface area contributed by atoms with Crippen molar-refractivity contribution in [3.05, 3.63) is 71.7 Å². The summed E-state index contributed by atoms with van der Waals surface area (Å²) in [5.41, 5.74) is 0.152. The van der Waals surface area contributed by atoms with Crippen molar-refractivity contribution in [2.45, 2.75) is 24.3 Å². The van der Waals surface area contributed by atoms with Gasteiger partial charge in [-0.3, -0.25) is 9.59 Å². The lowest BCUT2D eigenvalue weighted by Gasteiger charge is -2.13. The number of hydrogen-bond acceptors (Lipinski definition) is 6. The number of carbonyl (C=O) groups is 2. The molecule has 3 aromatic rings. The molecule has 0 bridgehead atoms.